The van der Waals surface area contributed by atoms with Crippen molar-refractivity contribution in [3.8, 4) is 0 Å². The third kappa shape index (κ3) is 46.3. The first-order valence-corrected chi connectivity index (χ1v) is 25.1. The summed E-state index contributed by atoms with van der Waals surface area (Å²) in [6.07, 6.45) is 56.8. The Morgan fingerprint density at radius 2 is 0.610 bits per heavy atom. The summed E-state index contributed by atoms with van der Waals surface area (Å²) >= 11 is 0. The molecule has 0 saturated heterocycles. The van der Waals surface area contributed by atoms with E-state index in [1.54, 1.807) is 0 Å². The number of carbonyl (C=O) groups excluding carboxylic acids is 3. The van der Waals surface area contributed by atoms with Gasteiger partial charge in [0.25, 0.3) is 0 Å². The third-order valence-corrected chi connectivity index (χ3v) is 10.8. The number of carbonyl (C=O) groups is 3. The monoisotopic (exact) mass is 827 g/mol. The molecule has 1 atom stereocenters. The van der Waals surface area contributed by atoms with Gasteiger partial charge in [-0.15, -0.1) is 0 Å². The highest BCUT2D eigenvalue weighted by Crippen LogP contribution is 2.14. The molecule has 0 aromatic rings. The largest absolute Gasteiger partial charge is 0.462 e. The fourth-order valence-corrected chi connectivity index (χ4v) is 6.97. The van der Waals surface area contributed by atoms with Gasteiger partial charge in [-0.25, -0.2) is 0 Å². The number of hydrogen-bond donors (Lipinski definition) is 0. The van der Waals surface area contributed by atoms with Crippen molar-refractivity contribution in [2.75, 3.05) is 13.2 Å². The Balaban J connectivity index is 4.24. The Bertz CT molecular complexity index is 1040. The maximum Gasteiger partial charge on any atom is 0.306 e. The minimum atomic E-state index is -0.776. The highest BCUT2D eigenvalue weighted by Gasteiger charge is 2.19. The molecule has 0 aliphatic rings. The predicted molar refractivity (Wildman–Crippen MR) is 252 cm³/mol. The summed E-state index contributed by atoms with van der Waals surface area (Å²) in [5.41, 5.74) is 0. The van der Waals surface area contributed by atoms with Gasteiger partial charge in [-0.2, -0.15) is 0 Å². The summed E-state index contributed by atoms with van der Waals surface area (Å²) in [6.45, 7) is 6.53. The zero-order valence-electron chi connectivity index (χ0n) is 39.0. The van der Waals surface area contributed by atoms with Crippen LogP contribution in [0.3, 0.4) is 0 Å². The van der Waals surface area contributed by atoms with Crippen LogP contribution in [0.1, 0.15) is 252 Å². The van der Waals surface area contributed by atoms with Gasteiger partial charge in [0.15, 0.2) is 6.10 Å². The van der Waals surface area contributed by atoms with Crippen molar-refractivity contribution in [1.82, 2.24) is 0 Å². The summed E-state index contributed by atoms with van der Waals surface area (Å²) in [5, 5.41) is 0. The first-order chi connectivity index (χ1) is 29.0. The lowest BCUT2D eigenvalue weighted by atomic mass is 10.1. The molecule has 0 N–H and O–H groups in total. The quantitative estimate of drug-likeness (QED) is 0.0263. The molecule has 6 nitrogen and oxygen atoms in total. The van der Waals surface area contributed by atoms with Crippen molar-refractivity contribution >= 4 is 17.9 Å². The van der Waals surface area contributed by atoms with Gasteiger partial charge in [-0.1, -0.05) is 198 Å². The molecule has 0 aliphatic heterocycles. The van der Waals surface area contributed by atoms with Crippen LogP contribution in [0.15, 0.2) is 48.6 Å². The van der Waals surface area contributed by atoms with Crippen LogP contribution in [0.5, 0.6) is 0 Å². The van der Waals surface area contributed by atoms with E-state index in [-0.39, 0.29) is 31.1 Å². The number of hydrogen-bond acceptors (Lipinski definition) is 6. The SMILES string of the molecule is CCCCC/C=C\C/C=C\CCCCCCCCCC(=O)OC(COC(=O)CCCCCCCC)COC(=O)CCCCCCCCC/C=C\C/C=C\CCCCCC. The average molecular weight is 827 g/mol. The molecular formula is C53H94O6. The first kappa shape index (κ1) is 56.4. The van der Waals surface area contributed by atoms with E-state index in [1.165, 1.54) is 128 Å². The molecule has 0 spiro atoms. The van der Waals surface area contributed by atoms with Gasteiger partial charge in [0.05, 0.1) is 0 Å². The second-order valence-corrected chi connectivity index (χ2v) is 16.7. The van der Waals surface area contributed by atoms with Gasteiger partial charge in [0, 0.05) is 19.3 Å². The molecule has 0 saturated carbocycles. The van der Waals surface area contributed by atoms with Gasteiger partial charge in [0.2, 0.25) is 0 Å². The Kier molecular flexibility index (Phi) is 45.9. The number of ether oxygens (including phenoxy) is 3. The molecule has 0 rings (SSSR count). The van der Waals surface area contributed by atoms with Crippen molar-refractivity contribution in [3.05, 3.63) is 48.6 Å². The van der Waals surface area contributed by atoms with Crippen molar-refractivity contribution in [2.24, 2.45) is 0 Å². The Hall–Kier alpha value is -2.63. The van der Waals surface area contributed by atoms with Gasteiger partial charge in [-0.3, -0.25) is 14.4 Å². The highest BCUT2D eigenvalue weighted by molar-refractivity contribution is 5.71. The van der Waals surface area contributed by atoms with Crippen molar-refractivity contribution in [3.63, 3.8) is 0 Å². The zero-order chi connectivity index (χ0) is 43.0. The second kappa shape index (κ2) is 48.0. The molecular weight excluding hydrogens is 733 g/mol. The zero-order valence-corrected chi connectivity index (χ0v) is 39.0. The fourth-order valence-electron chi connectivity index (χ4n) is 6.97. The molecule has 0 bridgehead atoms. The van der Waals surface area contributed by atoms with Gasteiger partial charge >= 0.3 is 17.9 Å². The van der Waals surface area contributed by atoms with E-state index in [9.17, 15) is 14.4 Å². The van der Waals surface area contributed by atoms with Crippen LogP contribution in [0, 0.1) is 0 Å². The van der Waals surface area contributed by atoms with E-state index in [0.717, 1.165) is 83.5 Å². The molecule has 0 fully saturated rings. The number of unbranched alkanes of at least 4 members (excludes halogenated alkanes) is 26. The predicted octanol–water partition coefficient (Wildman–Crippen LogP) is 16.3. The van der Waals surface area contributed by atoms with Crippen LogP contribution in [0.2, 0.25) is 0 Å². The Morgan fingerprint density at radius 3 is 0.983 bits per heavy atom. The fraction of sp³-hybridized carbons (Fsp3) is 0.792. The molecule has 0 amide bonds. The number of rotatable bonds is 45. The molecule has 0 aromatic carbocycles. The summed E-state index contributed by atoms with van der Waals surface area (Å²) < 4.78 is 16.7. The average Bonchev–Trinajstić information content (AvgIpc) is 3.23. The van der Waals surface area contributed by atoms with Crippen molar-refractivity contribution in [2.45, 2.75) is 258 Å². The van der Waals surface area contributed by atoms with E-state index in [0.29, 0.717) is 19.3 Å². The summed E-state index contributed by atoms with van der Waals surface area (Å²) in [5.74, 6) is -0.900. The lowest BCUT2D eigenvalue weighted by Crippen LogP contribution is -2.30. The van der Waals surface area contributed by atoms with Crippen LogP contribution < -0.4 is 0 Å². The van der Waals surface area contributed by atoms with Crippen molar-refractivity contribution < 1.29 is 28.6 Å². The van der Waals surface area contributed by atoms with E-state index >= 15 is 0 Å². The summed E-state index contributed by atoms with van der Waals surface area (Å²) in [4.78, 5) is 37.7. The Labute approximate surface area is 365 Å². The molecule has 0 aliphatic carbocycles. The number of esters is 3. The smallest absolute Gasteiger partial charge is 0.306 e. The minimum absolute atomic E-state index is 0.0787. The second-order valence-electron chi connectivity index (χ2n) is 16.7. The third-order valence-electron chi connectivity index (χ3n) is 10.8. The van der Waals surface area contributed by atoms with E-state index < -0.39 is 6.10 Å². The van der Waals surface area contributed by atoms with E-state index in [1.807, 2.05) is 0 Å². The molecule has 1 unspecified atom stereocenters. The van der Waals surface area contributed by atoms with Crippen LogP contribution in [-0.2, 0) is 28.6 Å². The standard InChI is InChI=1S/C53H94O6/c1-4-7-10-13-16-18-20-22-24-26-28-29-31-33-35-37-40-43-46-52(55)58-49-50(48-57-51(54)45-42-39-15-12-9-6-3)59-53(56)47-44-41-38-36-34-32-30-27-25-23-21-19-17-14-11-8-5-2/h17-20,23-26,50H,4-16,21-22,27-49H2,1-3H3/b19-17-,20-18-,25-23-,26-24-. The minimum Gasteiger partial charge on any atom is -0.462 e. The molecule has 0 heterocycles. The van der Waals surface area contributed by atoms with Gasteiger partial charge < -0.3 is 14.2 Å². The maximum atomic E-state index is 12.7. The van der Waals surface area contributed by atoms with Crippen LogP contribution in [-0.4, -0.2) is 37.2 Å². The molecule has 342 valence electrons. The normalized spacial score (nSPS) is 12.4. The van der Waals surface area contributed by atoms with Crippen LogP contribution in [0.25, 0.3) is 0 Å². The number of allylic oxidation sites excluding steroid dienone is 8. The first-order valence-electron chi connectivity index (χ1n) is 25.1. The van der Waals surface area contributed by atoms with Crippen LogP contribution >= 0.6 is 0 Å². The summed E-state index contributed by atoms with van der Waals surface area (Å²) in [6, 6.07) is 0. The van der Waals surface area contributed by atoms with E-state index in [4.69, 9.17) is 14.2 Å². The lowest BCUT2D eigenvalue weighted by molar-refractivity contribution is -0.167. The van der Waals surface area contributed by atoms with Gasteiger partial charge in [0.1, 0.15) is 13.2 Å². The molecule has 0 aromatic heterocycles. The molecule has 0 radical (unpaired) electrons. The topological polar surface area (TPSA) is 78.9 Å². The Morgan fingerprint density at radius 1 is 0.339 bits per heavy atom. The summed E-state index contributed by atoms with van der Waals surface area (Å²) in [7, 11) is 0. The van der Waals surface area contributed by atoms with Gasteiger partial charge in [-0.05, 0) is 83.5 Å². The van der Waals surface area contributed by atoms with Crippen molar-refractivity contribution in [1.29, 1.82) is 0 Å². The highest BCUT2D eigenvalue weighted by atomic mass is 16.6. The molecule has 6 heteroatoms. The van der Waals surface area contributed by atoms with E-state index in [2.05, 4.69) is 69.4 Å². The van der Waals surface area contributed by atoms with Crippen LogP contribution in [0.4, 0.5) is 0 Å². The molecule has 59 heavy (non-hydrogen) atoms. The maximum absolute atomic E-state index is 12.7. The lowest BCUT2D eigenvalue weighted by Gasteiger charge is -2.18.